The van der Waals surface area contributed by atoms with E-state index in [1.54, 1.807) is 4.90 Å². The average Bonchev–Trinajstić information content (AvgIpc) is 2.79. The molecule has 0 aromatic carbocycles. The van der Waals surface area contributed by atoms with Gasteiger partial charge in [-0.05, 0) is 32.6 Å². The molecule has 3 aliphatic rings. The maximum Gasteiger partial charge on any atom is 0.327 e. The van der Waals surface area contributed by atoms with Crippen molar-refractivity contribution in [1.29, 1.82) is 0 Å². The van der Waals surface area contributed by atoms with Gasteiger partial charge in [-0.1, -0.05) is 19.3 Å². The fraction of sp³-hybridized carbons (Fsp3) is 0.812. The van der Waals surface area contributed by atoms with Crippen molar-refractivity contribution in [1.82, 2.24) is 15.1 Å². The van der Waals surface area contributed by atoms with Crippen LogP contribution in [0.1, 0.15) is 51.9 Å². The van der Waals surface area contributed by atoms with Crippen molar-refractivity contribution in [3.63, 3.8) is 0 Å². The first-order valence-corrected chi connectivity index (χ1v) is 8.61. The molecule has 3 rings (SSSR count). The van der Waals surface area contributed by atoms with Crippen LogP contribution >= 0.6 is 0 Å². The van der Waals surface area contributed by atoms with Crippen LogP contribution in [-0.4, -0.2) is 63.5 Å². The maximum atomic E-state index is 12.7. The third kappa shape index (κ3) is 3.06. The summed E-state index contributed by atoms with van der Waals surface area (Å²) in [6.07, 6.45) is 5.11. The van der Waals surface area contributed by atoms with Gasteiger partial charge in [0, 0.05) is 18.6 Å². The molecule has 0 aromatic heterocycles. The molecule has 3 atom stereocenters. The highest BCUT2D eigenvalue weighted by atomic mass is 16.3. The summed E-state index contributed by atoms with van der Waals surface area (Å²) in [4.78, 5) is 40.1. The fourth-order valence-electron chi connectivity index (χ4n) is 3.95. The number of nitrogens with zero attached hydrogens (tertiary/aromatic N) is 2. The van der Waals surface area contributed by atoms with Gasteiger partial charge in [0.15, 0.2) is 0 Å². The van der Waals surface area contributed by atoms with Crippen LogP contribution in [0.4, 0.5) is 4.79 Å². The quantitative estimate of drug-likeness (QED) is 0.745. The molecule has 3 fully saturated rings. The number of fused-ring (bicyclic) bond motifs is 1. The first-order chi connectivity index (χ1) is 11.0. The number of carbonyl (C=O) groups excluding carboxylic acids is 3. The van der Waals surface area contributed by atoms with E-state index in [1.807, 2.05) is 0 Å². The summed E-state index contributed by atoms with van der Waals surface area (Å²) in [6, 6.07) is -0.745. The Kier molecular flexibility index (Phi) is 4.57. The topological polar surface area (TPSA) is 89.9 Å². The third-order valence-corrected chi connectivity index (χ3v) is 5.24. The number of imide groups is 1. The summed E-state index contributed by atoms with van der Waals surface area (Å²) in [5.41, 5.74) is 0. The van der Waals surface area contributed by atoms with Crippen molar-refractivity contribution in [2.45, 2.75) is 76.1 Å². The van der Waals surface area contributed by atoms with Gasteiger partial charge >= 0.3 is 6.03 Å². The molecule has 7 heteroatoms. The number of carbonyl (C=O) groups is 3. The van der Waals surface area contributed by atoms with E-state index in [0.717, 1.165) is 25.7 Å². The number of aliphatic hydroxyl groups is 1. The SMILES string of the molecule is CC(O)C(=O)NC1CCN2C(=O)N(C3CCCCC3)C(=O)C2C1. The third-order valence-electron chi connectivity index (χ3n) is 5.24. The van der Waals surface area contributed by atoms with Gasteiger partial charge in [0.2, 0.25) is 5.91 Å². The molecule has 1 saturated carbocycles. The van der Waals surface area contributed by atoms with Crippen LogP contribution in [-0.2, 0) is 9.59 Å². The first kappa shape index (κ1) is 16.2. The average molecular weight is 323 g/mol. The number of hydrogen-bond acceptors (Lipinski definition) is 4. The van der Waals surface area contributed by atoms with Crippen molar-refractivity contribution in [3.05, 3.63) is 0 Å². The van der Waals surface area contributed by atoms with Gasteiger partial charge in [-0.2, -0.15) is 0 Å². The van der Waals surface area contributed by atoms with Crippen LogP contribution in [0, 0.1) is 0 Å². The highest BCUT2D eigenvalue weighted by Crippen LogP contribution is 2.32. The standard InChI is InChI=1S/C16H25N3O4/c1-10(20)14(21)17-11-7-8-18-13(9-11)15(22)19(16(18)23)12-5-3-2-4-6-12/h10-13,20H,2-9H2,1H3,(H,17,21). The maximum absolute atomic E-state index is 12.7. The molecule has 3 unspecified atom stereocenters. The van der Waals surface area contributed by atoms with E-state index in [0.29, 0.717) is 19.4 Å². The zero-order chi connectivity index (χ0) is 16.6. The van der Waals surface area contributed by atoms with Crippen molar-refractivity contribution in [2.75, 3.05) is 6.54 Å². The molecule has 23 heavy (non-hydrogen) atoms. The molecular formula is C16H25N3O4. The minimum Gasteiger partial charge on any atom is -0.384 e. The molecule has 7 nitrogen and oxygen atoms in total. The molecule has 4 amide bonds. The number of nitrogens with one attached hydrogen (secondary N) is 1. The molecule has 2 N–H and O–H groups in total. The number of piperidine rings is 1. The first-order valence-electron chi connectivity index (χ1n) is 8.61. The van der Waals surface area contributed by atoms with Crippen molar-refractivity contribution >= 4 is 17.8 Å². The molecule has 0 bridgehead atoms. The Bertz CT molecular complexity index is 502. The molecule has 1 aliphatic carbocycles. The normalized spacial score (nSPS) is 30.3. The lowest BCUT2D eigenvalue weighted by Crippen LogP contribution is -2.51. The van der Waals surface area contributed by atoms with Gasteiger partial charge in [0.1, 0.15) is 12.1 Å². The van der Waals surface area contributed by atoms with Crippen LogP contribution in [0.15, 0.2) is 0 Å². The van der Waals surface area contributed by atoms with Crippen molar-refractivity contribution < 1.29 is 19.5 Å². The zero-order valence-electron chi connectivity index (χ0n) is 13.5. The van der Waals surface area contributed by atoms with E-state index in [2.05, 4.69) is 5.32 Å². The van der Waals surface area contributed by atoms with Gasteiger partial charge in [-0.25, -0.2) is 4.79 Å². The summed E-state index contributed by atoms with van der Waals surface area (Å²) in [5, 5.41) is 12.1. The van der Waals surface area contributed by atoms with Gasteiger partial charge in [-0.15, -0.1) is 0 Å². The Balaban J connectivity index is 1.67. The Labute approximate surface area is 136 Å². The van der Waals surface area contributed by atoms with E-state index < -0.39 is 18.1 Å². The number of rotatable bonds is 3. The number of amides is 4. The van der Waals surface area contributed by atoms with E-state index in [1.165, 1.54) is 18.2 Å². The monoisotopic (exact) mass is 323 g/mol. The van der Waals surface area contributed by atoms with E-state index in [4.69, 9.17) is 0 Å². The van der Waals surface area contributed by atoms with Gasteiger partial charge < -0.3 is 15.3 Å². The summed E-state index contributed by atoms with van der Waals surface area (Å²) in [6.45, 7) is 1.89. The molecule has 0 spiro atoms. The summed E-state index contributed by atoms with van der Waals surface area (Å²) >= 11 is 0. The van der Waals surface area contributed by atoms with Gasteiger partial charge in [0.05, 0.1) is 0 Å². The Morgan fingerprint density at radius 2 is 1.91 bits per heavy atom. The molecule has 2 saturated heterocycles. The van der Waals surface area contributed by atoms with E-state index in [9.17, 15) is 19.5 Å². The van der Waals surface area contributed by atoms with Crippen molar-refractivity contribution in [2.24, 2.45) is 0 Å². The molecule has 2 aliphatic heterocycles. The van der Waals surface area contributed by atoms with Gasteiger partial charge in [0.25, 0.3) is 5.91 Å². The lowest BCUT2D eigenvalue weighted by atomic mass is 9.93. The predicted octanol–water partition coefficient (Wildman–Crippen LogP) is 0.611. The number of urea groups is 1. The molecule has 128 valence electrons. The minimum atomic E-state index is -1.06. The Hall–Kier alpha value is -1.63. The molecule has 2 heterocycles. The van der Waals surface area contributed by atoms with Crippen LogP contribution in [0.5, 0.6) is 0 Å². The van der Waals surface area contributed by atoms with E-state index >= 15 is 0 Å². The Morgan fingerprint density at radius 3 is 2.57 bits per heavy atom. The number of aliphatic hydroxyl groups excluding tert-OH is 1. The second-order valence-corrected chi connectivity index (χ2v) is 6.90. The highest BCUT2D eigenvalue weighted by Gasteiger charge is 2.50. The largest absolute Gasteiger partial charge is 0.384 e. The lowest BCUT2D eigenvalue weighted by Gasteiger charge is -2.33. The summed E-state index contributed by atoms with van der Waals surface area (Å²) in [7, 11) is 0. The fourth-order valence-corrected chi connectivity index (χ4v) is 3.95. The molecular weight excluding hydrogens is 298 g/mol. The predicted molar refractivity (Wildman–Crippen MR) is 82.5 cm³/mol. The zero-order valence-corrected chi connectivity index (χ0v) is 13.5. The minimum absolute atomic E-state index is 0.0415. The molecule has 0 aromatic rings. The van der Waals surface area contributed by atoms with Crippen LogP contribution < -0.4 is 5.32 Å². The smallest absolute Gasteiger partial charge is 0.327 e. The van der Waals surface area contributed by atoms with Crippen molar-refractivity contribution in [3.8, 4) is 0 Å². The second-order valence-electron chi connectivity index (χ2n) is 6.90. The second kappa shape index (κ2) is 6.47. The number of hydrogen-bond donors (Lipinski definition) is 2. The Morgan fingerprint density at radius 1 is 1.22 bits per heavy atom. The summed E-state index contributed by atoms with van der Waals surface area (Å²) in [5.74, 6) is -0.540. The van der Waals surface area contributed by atoms with Crippen LogP contribution in [0.3, 0.4) is 0 Å². The molecule has 0 radical (unpaired) electrons. The van der Waals surface area contributed by atoms with Crippen LogP contribution in [0.2, 0.25) is 0 Å². The van der Waals surface area contributed by atoms with Gasteiger partial charge in [-0.3, -0.25) is 14.5 Å². The van der Waals surface area contributed by atoms with E-state index in [-0.39, 0.29) is 24.0 Å². The summed E-state index contributed by atoms with van der Waals surface area (Å²) < 4.78 is 0. The highest BCUT2D eigenvalue weighted by molar-refractivity contribution is 6.04. The lowest BCUT2D eigenvalue weighted by molar-refractivity contribution is -0.133. The van der Waals surface area contributed by atoms with Crippen LogP contribution in [0.25, 0.3) is 0 Å².